The molecule has 3 heterocycles. The first kappa shape index (κ1) is 17.2. The van der Waals surface area contributed by atoms with Gasteiger partial charge >= 0.3 is 0 Å². The van der Waals surface area contributed by atoms with E-state index >= 15 is 0 Å². The van der Waals surface area contributed by atoms with Gasteiger partial charge in [-0.1, -0.05) is 5.16 Å². The average molecular weight is 359 g/mol. The van der Waals surface area contributed by atoms with Gasteiger partial charge in [0.1, 0.15) is 12.3 Å². The maximum Gasteiger partial charge on any atom is 0.243 e. The molecule has 0 N–H and O–H groups in total. The lowest BCUT2D eigenvalue weighted by Crippen LogP contribution is -2.50. The van der Waals surface area contributed by atoms with Gasteiger partial charge in [-0.05, 0) is 6.92 Å². The molecule has 0 radical (unpaired) electrons. The predicted octanol–water partition coefficient (Wildman–Crippen LogP) is 0.115. The fourth-order valence-corrected chi connectivity index (χ4v) is 3.72. The lowest BCUT2D eigenvalue weighted by atomic mass is 10.0. The molecule has 1 spiro atoms. The van der Waals surface area contributed by atoms with E-state index in [1.54, 1.807) is 11.8 Å². The molecule has 2 aliphatic heterocycles. The molecule has 134 valence electrons. The smallest absolute Gasteiger partial charge is 0.243 e. The van der Waals surface area contributed by atoms with Crippen LogP contribution in [0.25, 0.3) is 0 Å². The molecular formula is C14H21N3O6S. The first-order valence-electron chi connectivity index (χ1n) is 7.76. The third-order valence-corrected chi connectivity index (χ3v) is 5.36. The van der Waals surface area contributed by atoms with Crippen molar-refractivity contribution >= 4 is 21.7 Å². The third kappa shape index (κ3) is 3.55. The van der Waals surface area contributed by atoms with Gasteiger partial charge in [-0.2, -0.15) is 0 Å². The van der Waals surface area contributed by atoms with E-state index in [1.165, 1.54) is 6.07 Å². The second-order valence-corrected chi connectivity index (χ2v) is 7.96. The van der Waals surface area contributed by atoms with Gasteiger partial charge in [-0.25, -0.2) is 12.7 Å². The van der Waals surface area contributed by atoms with Crippen molar-refractivity contribution in [2.45, 2.75) is 25.6 Å². The Hall–Kier alpha value is -1.65. The Balaban J connectivity index is 1.66. The molecule has 0 aromatic carbocycles. The Morgan fingerprint density at radius 2 is 1.96 bits per heavy atom. The second-order valence-electron chi connectivity index (χ2n) is 6.05. The van der Waals surface area contributed by atoms with Crippen molar-refractivity contribution in [3.8, 4) is 0 Å². The molecule has 24 heavy (non-hydrogen) atoms. The highest BCUT2D eigenvalue weighted by molar-refractivity contribution is 7.92. The van der Waals surface area contributed by atoms with Crippen molar-refractivity contribution in [1.82, 2.24) is 10.1 Å². The van der Waals surface area contributed by atoms with Crippen LogP contribution in [0.15, 0.2) is 10.6 Å². The van der Waals surface area contributed by atoms with Gasteiger partial charge in [0.05, 0.1) is 19.5 Å². The van der Waals surface area contributed by atoms with Gasteiger partial charge in [0.15, 0.2) is 11.6 Å². The van der Waals surface area contributed by atoms with Gasteiger partial charge in [0.2, 0.25) is 15.9 Å². The van der Waals surface area contributed by atoms with Crippen molar-refractivity contribution in [3.63, 3.8) is 0 Å². The van der Waals surface area contributed by atoms with Gasteiger partial charge < -0.3 is 18.9 Å². The quantitative estimate of drug-likeness (QED) is 0.752. The number of amides is 1. The van der Waals surface area contributed by atoms with Crippen LogP contribution in [0, 0.1) is 6.92 Å². The average Bonchev–Trinajstić information content (AvgIpc) is 3.14. The van der Waals surface area contributed by atoms with Crippen LogP contribution < -0.4 is 4.31 Å². The minimum atomic E-state index is -3.65. The second kappa shape index (κ2) is 6.34. The zero-order valence-electron chi connectivity index (χ0n) is 13.7. The Kier molecular flexibility index (Phi) is 4.54. The molecule has 0 unspecified atom stereocenters. The molecule has 2 aliphatic rings. The number of nitrogens with zero attached hydrogens (tertiary/aromatic N) is 3. The molecule has 1 amide bonds. The van der Waals surface area contributed by atoms with E-state index in [0.717, 1.165) is 10.6 Å². The number of carbonyl (C=O) groups is 1. The van der Waals surface area contributed by atoms with Gasteiger partial charge in [-0.15, -0.1) is 0 Å². The fourth-order valence-electron chi connectivity index (χ4n) is 2.94. The minimum absolute atomic E-state index is 0.110. The summed E-state index contributed by atoms with van der Waals surface area (Å²) in [6.45, 7) is 3.43. The number of carbonyl (C=O) groups excluding carboxylic acids is 1. The summed E-state index contributed by atoms with van der Waals surface area (Å²) in [7, 11) is -3.65. The molecule has 1 aromatic heterocycles. The largest absolute Gasteiger partial charge is 0.360 e. The first-order valence-corrected chi connectivity index (χ1v) is 9.61. The SMILES string of the molecule is Cc1cc(N(CC(=O)N2CCC3(CC2)OCCO3)S(C)(=O)=O)no1. The monoisotopic (exact) mass is 359 g/mol. The standard InChI is InChI=1S/C14H21N3O6S/c1-11-9-12(15-23-11)17(24(2,19)20)10-13(18)16-5-3-14(4-6-16)21-7-8-22-14/h9H,3-8,10H2,1-2H3. The lowest BCUT2D eigenvalue weighted by molar-refractivity contribution is -0.187. The molecule has 0 bridgehead atoms. The van der Waals surface area contributed by atoms with Gasteiger partial charge in [0.25, 0.3) is 0 Å². The van der Waals surface area contributed by atoms with E-state index in [1.807, 2.05) is 0 Å². The molecule has 2 saturated heterocycles. The molecule has 3 rings (SSSR count). The zero-order valence-corrected chi connectivity index (χ0v) is 14.5. The summed E-state index contributed by atoms with van der Waals surface area (Å²) >= 11 is 0. The summed E-state index contributed by atoms with van der Waals surface area (Å²) in [4.78, 5) is 14.1. The van der Waals surface area contributed by atoms with Crippen LogP contribution >= 0.6 is 0 Å². The van der Waals surface area contributed by atoms with E-state index in [0.29, 0.717) is 44.9 Å². The number of hydrogen-bond acceptors (Lipinski definition) is 7. The van der Waals surface area contributed by atoms with Crippen LogP contribution in [0.4, 0.5) is 5.82 Å². The van der Waals surface area contributed by atoms with Crippen LogP contribution in [-0.2, 0) is 24.3 Å². The number of rotatable bonds is 4. The number of anilines is 1. The van der Waals surface area contributed by atoms with Crippen LogP contribution in [0.3, 0.4) is 0 Å². The normalized spacial score (nSPS) is 20.5. The fraction of sp³-hybridized carbons (Fsp3) is 0.714. The Morgan fingerprint density at radius 3 is 2.46 bits per heavy atom. The Morgan fingerprint density at radius 1 is 1.33 bits per heavy atom. The Labute approximate surface area is 140 Å². The maximum atomic E-state index is 12.5. The van der Waals surface area contributed by atoms with E-state index < -0.39 is 15.8 Å². The minimum Gasteiger partial charge on any atom is -0.360 e. The highest BCUT2D eigenvalue weighted by Gasteiger charge is 2.41. The maximum absolute atomic E-state index is 12.5. The van der Waals surface area contributed by atoms with Gasteiger partial charge in [-0.3, -0.25) is 4.79 Å². The van der Waals surface area contributed by atoms with E-state index in [9.17, 15) is 13.2 Å². The number of hydrogen-bond donors (Lipinski definition) is 0. The molecule has 1 aromatic rings. The number of ether oxygens (including phenoxy) is 2. The summed E-state index contributed by atoms with van der Waals surface area (Å²) in [5, 5.41) is 3.70. The third-order valence-electron chi connectivity index (χ3n) is 4.24. The summed E-state index contributed by atoms with van der Waals surface area (Å²) < 4.78 is 41.1. The van der Waals surface area contributed by atoms with E-state index in [4.69, 9.17) is 14.0 Å². The molecule has 2 fully saturated rings. The lowest BCUT2D eigenvalue weighted by Gasteiger charge is -2.38. The summed E-state index contributed by atoms with van der Waals surface area (Å²) in [6, 6.07) is 1.49. The molecule has 10 heteroatoms. The topological polar surface area (TPSA) is 102 Å². The first-order chi connectivity index (χ1) is 11.3. The van der Waals surface area contributed by atoms with Crippen molar-refractivity contribution < 1.29 is 27.2 Å². The van der Waals surface area contributed by atoms with Crippen molar-refractivity contribution in [2.24, 2.45) is 0 Å². The zero-order chi connectivity index (χ0) is 17.4. The number of piperidine rings is 1. The highest BCUT2D eigenvalue weighted by Crippen LogP contribution is 2.31. The number of aromatic nitrogens is 1. The van der Waals surface area contributed by atoms with Gasteiger partial charge in [0, 0.05) is 32.0 Å². The van der Waals surface area contributed by atoms with Crippen LogP contribution in [0.2, 0.25) is 0 Å². The molecule has 0 atom stereocenters. The molecule has 0 saturated carbocycles. The van der Waals surface area contributed by atoms with E-state index in [2.05, 4.69) is 5.16 Å². The predicted molar refractivity (Wildman–Crippen MR) is 83.9 cm³/mol. The Bertz CT molecular complexity index is 700. The van der Waals surface area contributed by atoms with Crippen LogP contribution in [0.5, 0.6) is 0 Å². The number of likely N-dealkylation sites (tertiary alicyclic amines) is 1. The molecule has 9 nitrogen and oxygen atoms in total. The summed E-state index contributed by atoms with van der Waals surface area (Å²) in [5.74, 6) is -0.272. The highest BCUT2D eigenvalue weighted by atomic mass is 32.2. The van der Waals surface area contributed by atoms with Crippen molar-refractivity contribution in [2.75, 3.05) is 43.4 Å². The molecular weight excluding hydrogens is 338 g/mol. The van der Waals surface area contributed by atoms with Crippen LogP contribution in [0.1, 0.15) is 18.6 Å². The number of sulfonamides is 1. The van der Waals surface area contributed by atoms with E-state index in [-0.39, 0.29) is 18.3 Å². The number of aryl methyl sites for hydroxylation is 1. The summed E-state index contributed by atoms with van der Waals surface area (Å²) in [6.07, 6.45) is 2.21. The van der Waals surface area contributed by atoms with Crippen molar-refractivity contribution in [3.05, 3.63) is 11.8 Å². The summed E-state index contributed by atoms with van der Waals surface area (Å²) in [5.41, 5.74) is 0. The van der Waals surface area contributed by atoms with Crippen LogP contribution in [-0.4, -0.2) is 69.3 Å². The molecule has 0 aliphatic carbocycles. The van der Waals surface area contributed by atoms with Crippen molar-refractivity contribution in [1.29, 1.82) is 0 Å².